The maximum Gasteiger partial charge on any atom is 0.275 e. The monoisotopic (exact) mass is 294 g/mol. The zero-order valence-corrected chi connectivity index (χ0v) is 12.4. The van der Waals surface area contributed by atoms with Crippen molar-refractivity contribution in [3.63, 3.8) is 0 Å². The molecule has 2 fully saturated rings. The number of nitrogens with zero attached hydrogens (tertiary/aromatic N) is 2. The third kappa shape index (κ3) is 3.11. The zero-order chi connectivity index (χ0) is 14.7. The second-order valence-corrected chi connectivity index (χ2v) is 5.96. The molecule has 3 rings (SSSR count). The predicted octanol–water partition coefficient (Wildman–Crippen LogP) is 1.72. The fraction of sp³-hybridized carbons (Fsp3) is 0.733. The van der Waals surface area contributed by atoms with E-state index < -0.39 is 0 Å². The maximum absolute atomic E-state index is 12.2. The molecule has 6 nitrogen and oxygen atoms in total. The van der Waals surface area contributed by atoms with Crippen molar-refractivity contribution in [2.45, 2.75) is 32.3 Å². The minimum Gasteiger partial charge on any atom is -0.451 e. The second-order valence-electron chi connectivity index (χ2n) is 5.96. The van der Waals surface area contributed by atoms with Crippen molar-refractivity contribution in [2.24, 2.45) is 5.41 Å². The summed E-state index contributed by atoms with van der Waals surface area (Å²) in [5.41, 5.74) is 0.616. The van der Waals surface area contributed by atoms with Gasteiger partial charge >= 0.3 is 0 Å². The summed E-state index contributed by atoms with van der Waals surface area (Å²) in [5.74, 6) is -0.0385. The van der Waals surface area contributed by atoms with Crippen LogP contribution in [0.3, 0.4) is 0 Å². The van der Waals surface area contributed by atoms with Crippen LogP contribution in [0.2, 0.25) is 0 Å². The normalized spacial score (nSPS) is 24.6. The Labute approximate surface area is 124 Å². The summed E-state index contributed by atoms with van der Waals surface area (Å²) in [6, 6.07) is 0. The fourth-order valence-electron chi connectivity index (χ4n) is 3.26. The van der Waals surface area contributed by atoms with Gasteiger partial charge in [0.15, 0.2) is 12.1 Å². The van der Waals surface area contributed by atoms with Crippen LogP contribution in [-0.4, -0.2) is 54.8 Å². The van der Waals surface area contributed by atoms with Crippen LogP contribution in [0.15, 0.2) is 17.1 Å². The maximum atomic E-state index is 12.2. The largest absolute Gasteiger partial charge is 0.451 e. The molecular weight excluding hydrogens is 272 g/mol. The number of amides is 1. The van der Waals surface area contributed by atoms with Crippen molar-refractivity contribution in [3.05, 3.63) is 18.4 Å². The first kappa shape index (κ1) is 14.5. The van der Waals surface area contributed by atoms with E-state index in [4.69, 9.17) is 13.9 Å². The van der Waals surface area contributed by atoms with E-state index in [1.807, 2.05) is 11.8 Å². The van der Waals surface area contributed by atoms with Crippen molar-refractivity contribution < 1.29 is 18.7 Å². The molecule has 0 radical (unpaired) electrons. The van der Waals surface area contributed by atoms with Gasteiger partial charge in [0.05, 0.1) is 19.3 Å². The van der Waals surface area contributed by atoms with Gasteiger partial charge in [0, 0.05) is 19.7 Å². The van der Waals surface area contributed by atoms with Gasteiger partial charge in [-0.05, 0) is 31.6 Å². The molecule has 1 amide bonds. The average Bonchev–Trinajstić information content (AvgIpc) is 3.16. The Morgan fingerprint density at radius 1 is 1.52 bits per heavy atom. The SMILES string of the molecule is CCOCC1CC2(CCN(C(=O)c3cocn3)CC2)CO1. The minimum absolute atomic E-state index is 0.0385. The Hall–Kier alpha value is -1.40. The predicted molar refractivity (Wildman–Crippen MR) is 74.9 cm³/mol. The minimum atomic E-state index is -0.0385. The summed E-state index contributed by atoms with van der Waals surface area (Å²) < 4.78 is 16.2. The van der Waals surface area contributed by atoms with Crippen LogP contribution >= 0.6 is 0 Å². The Bertz CT molecular complexity index is 466. The highest BCUT2D eigenvalue weighted by atomic mass is 16.5. The van der Waals surface area contributed by atoms with E-state index in [0.29, 0.717) is 12.3 Å². The summed E-state index contributed by atoms with van der Waals surface area (Å²) in [4.78, 5) is 18.0. The van der Waals surface area contributed by atoms with Crippen LogP contribution < -0.4 is 0 Å². The van der Waals surface area contributed by atoms with E-state index in [-0.39, 0.29) is 17.4 Å². The van der Waals surface area contributed by atoms with E-state index in [1.54, 1.807) is 0 Å². The molecule has 1 atom stereocenters. The van der Waals surface area contributed by atoms with Gasteiger partial charge in [0.1, 0.15) is 6.26 Å². The van der Waals surface area contributed by atoms with Crippen LogP contribution in [0.25, 0.3) is 0 Å². The Morgan fingerprint density at radius 3 is 3.00 bits per heavy atom. The molecule has 21 heavy (non-hydrogen) atoms. The van der Waals surface area contributed by atoms with Crippen LogP contribution in [0.1, 0.15) is 36.7 Å². The van der Waals surface area contributed by atoms with E-state index in [9.17, 15) is 4.79 Å². The third-order valence-corrected chi connectivity index (χ3v) is 4.56. The van der Waals surface area contributed by atoms with Gasteiger partial charge in [-0.2, -0.15) is 0 Å². The van der Waals surface area contributed by atoms with Crippen LogP contribution in [0, 0.1) is 5.41 Å². The molecule has 3 heterocycles. The number of likely N-dealkylation sites (tertiary alicyclic amines) is 1. The number of carbonyl (C=O) groups excluding carboxylic acids is 1. The molecule has 6 heteroatoms. The zero-order valence-electron chi connectivity index (χ0n) is 12.4. The Kier molecular flexibility index (Phi) is 4.26. The van der Waals surface area contributed by atoms with Crippen molar-refractivity contribution in [1.82, 2.24) is 9.88 Å². The lowest BCUT2D eigenvalue weighted by atomic mass is 9.76. The molecule has 2 saturated heterocycles. The van der Waals surface area contributed by atoms with Gasteiger partial charge in [0.25, 0.3) is 5.91 Å². The summed E-state index contributed by atoms with van der Waals surface area (Å²) in [6.45, 7) is 5.72. The first-order valence-corrected chi connectivity index (χ1v) is 7.59. The molecule has 0 N–H and O–H groups in total. The van der Waals surface area contributed by atoms with Gasteiger partial charge in [0.2, 0.25) is 0 Å². The number of hydrogen-bond donors (Lipinski definition) is 0. The van der Waals surface area contributed by atoms with Gasteiger partial charge in [-0.25, -0.2) is 4.98 Å². The van der Waals surface area contributed by atoms with Gasteiger partial charge in [-0.15, -0.1) is 0 Å². The quantitative estimate of drug-likeness (QED) is 0.846. The first-order chi connectivity index (χ1) is 10.2. The molecule has 116 valence electrons. The molecule has 1 aromatic rings. The van der Waals surface area contributed by atoms with Crippen LogP contribution in [-0.2, 0) is 9.47 Å². The lowest BCUT2D eigenvalue weighted by Crippen LogP contribution is -2.43. The summed E-state index contributed by atoms with van der Waals surface area (Å²) in [6.07, 6.45) is 5.92. The number of rotatable bonds is 4. The highest BCUT2D eigenvalue weighted by Crippen LogP contribution is 2.42. The smallest absolute Gasteiger partial charge is 0.275 e. The third-order valence-electron chi connectivity index (χ3n) is 4.56. The lowest BCUT2D eigenvalue weighted by Gasteiger charge is -2.38. The lowest BCUT2D eigenvalue weighted by molar-refractivity contribution is 0.0159. The molecule has 0 saturated carbocycles. The summed E-state index contributed by atoms with van der Waals surface area (Å²) in [5, 5.41) is 0. The van der Waals surface area contributed by atoms with E-state index in [1.165, 1.54) is 12.7 Å². The van der Waals surface area contributed by atoms with Gasteiger partial charge in [-0.3, -0.25) is 4.79 Å². The number of carbonyl (C=O) groups is 1. The van der Waals surface area contributed by atoms with Crippen LogP contribution in [0.5, 0.6) is 0 Å². The summed E-state index contributed by atoms with van der Waals surface area (Å²) in [7, 11) is 0. The fourth-order valence-corrected chi connectivity index (χ4v) is 3.26. The van der Waals surface area contributed by atoms with Gasteiger partial charge < -0.3 is 18.8 Å². The van der Waals surface area contributed by atoms with Crippen molar-refractivity contribution in [2.75, 3.05) is 32.9 Å². The molecule has 1 unspecified atom stereocenters. The molecular formula is C15H22N2O4. The number of piperidine rings is 1. The van der Waals surface area contributed by atoms with Crippen LogP contribution in [0.4, 0.5) is 0 Å². The molecule has 0 aliphatic carbocycles. The standard InChI is InChI=1S/C15H22N2O4/c1-2-19-8-12-7-15(10-21-12)3-5-17(6-4-15)14(18)13-9-20-11-16-13/h9,11-12H,2-8,10H2,1H3. The number of hydrogen-bond acceptors (Lipinski definition) is 5. The number of oxazole rings is 1. The molecule has 1 spiro atoms. The second kappa shape index (κ2) is 6.15. The average molecular weight is 294 g/mol. The Balaban J connectivity index is 1.52. The van der Waals surface area contributed by atoms with E-state index >= 15 is 0 Å². The Morgan fingerprint density at radius 2 is 2.33 bits per heavy atom. The van der Waals surface area contributed by atoms with E-state index in [2.05, 4.69) is 4.98 Å². The molecule has 2 aliphatic heterocycles. The topological polar surface area (TPSA) is 64.8 Å². The molecule has 0 aromatic carbocycles. The highest BCUT2D eigenvalue weighted by Gasteiger charge is 2.43. The number of aromatic nitrogens is 1. The molecule has 2 aliphatic rings. The number of ether oxygens (including phenoxy) is 2. The van der Waals surface area contributed by atoms with E-state index in [0.717, 1.165) is 45.6 Å². The highest BCUT2D eigenvalue weighted by molar-refractivity contribution is 5.91. The molecule has 0 bridgehead atoms. The van der Waals surface area contributed by atoms with Gasteiger partial charge in [-0.1, -0.05) is 0 Å². The summed E-state index contributed by atoms with van der Waals surface area (Å²) >= 11 is 0. The van der Waals surface area contributed by atoms with Crippen molar-refractivity contribution in [3.8, 4) is 0 Å². The van der Waals surface area contributed by atoms with Crippen molar-refractivity contribution in [1.29, 1.82) is 0 Å². The first-order valence-electron chi connectivity index (χ1n) is 7.59. The van der Waals surface area contributed by atoms with Crippen molar-refractivity contribution >= 4 is 5.91 Å². The molecule has 1 aromatic heterocycles.